The Morgan fingerprint density at radius 1 is 1.10 bits per heavy atom. The van der Waals surface area contributed by atoms with Gasteiger partial charge in [-0.15, -0.1) is 21.5 Å². The van der Waals surface area contributed by atoms with Crippen molar-refractivity contribution in [2.75, 3.05) is 13.2 Å². The molecule has 4 rings (SSSR count). The summed E-state index contributed by atoms with van der Waals surface area (Å²) in [6.45, 7) is 9.16. The highest BCUT2D eigenvalue weighted by Gasteiger charge is 2.32. The third-order valence-electron chi connectivity index (χ3n) is 7.54. The number of hydrogen-bond acceptors (Lipinski definition) is 8. The standard InChI is InChI=1S/C31H41ClN6O3S/c1-5-6-7-10-17-41-31(40)24(33)11-8-9-16-34-26(39)18-25-29-37-36-21(4)38(29)30-27(19(2)20(3)42-30)28(35-25)22-12-14-23(32)15-13-22/h12-15,24-25H,5-11,16-18,33H2,1-4H3,(H,34,39)/t24?,25-/m0/s1. The molecule has 2 aromatic heterocycles. The number of fused-ring (bicyclic) bond motifs is 3. The quantitative estimate of drug-likeness (QED) is 0.172. The number of rotatable bonds is 14. The minimum Gasteiger partial charge on any atom is -0.465 e. The van der Waals surface area contributed by atoms with Crippen LogP contribution in [-0.2, 0) is 14.3 Å². The molecule has 2 atom stereocenters. The maximum absolute atomic E-state index is 13.1. The minimum atomic E-state index is -0.637. The van der Waals surface area contributed by atoms with E-state index in [4.69, 9.17) is 27.1 Å². The number of hydrogen-bond donors (Lipinski definition) is 2. The zero-order valence-corrected chi connectivity index (χ0v) is 26.5. The van der Waals surface area contributed by atoms with Crippen LogP contribution in [0.1, 0.15) is 97.5 Å². The van der Waals surface area contributed by atoms with E-state index in [1.165, 1.54) is 4.88 Å². The number of aromatic nitrogens is 3. The van der Waals surface area contributed by atoms with Crippen molar-refractivity contribution in [1.82, 2.24) is 20.1 Å². The summed E-state index contributed by atoms with van der Waals surface area (Å²) in [5, 5.41) is 13.5. The third-order valence-corrected chi connectivity index (χ3v) is 8.99. The number of amides is 1. The van der Waals surface area contributed by atoms with Gasteiger partial charge >= 0.3 is 5.97 Å². The van der Waals surface area contributed by atoms with Crippen molar-refractivity contribution >= 4 is 40.5 Å². The van der Waals surface area contributed by atoms with Crippen molar-refractivity contribution in [2.24, 2.45) is 10.7 Å². The molecule has 3 N–H and O–H groups in total. The van der Waals surface area contributed by atoms with Crippen molar-refractivity contribution in [3.8, 4) is 5.00 Å². The first-order valence-electron chi connectivity index (χ1n) is 14.8. The number of nitrogens with zero attached hydrogens (tertiary/aromatic N) is 4. The van der Waals surface area contributed by atoms with Crippen LogP contribution in [-0.4, -0.2) is 51.5 Å². The molecule has 1 aliphatic rings. The van der Waals surface area contributed by atoms with Gasteiger partial charge in [0.05, 0.1) is 18.7 Å². The number of ether oxygens (including phenoxy) is 1. The molecule has 42 heavy (non-hydrogen) atoms. The van der Waals surface area contributed by atoms with E-state index in [1.54, 1.807) is 11.3 Å². The van der Waals surface area contributed by atoms with Crippen molar-refractivity contribution in [3.63, 3.8) is 0 Å². The number of aliphatic imine (C=N–C) groups is 1. The number of halogens is 1. The van der Waals surface area contributed by atoms with Crippen molar-refractivity contribution in [2.45, 2.75) is 91.1 Å². The molecule has 0 fully saturated rings. The summed E-state index contributed by atoms with van der Waals surface area (Å²) in [7, 11) is 0. The van der Waals surface area contributed by atoms with Crippen molar-refractivity contribution in [3.05, 3.63) is 62.5 Å². The molecule has 0 saturated carbocycles. The molecular formula is C31H41ClN6O3S. The summed E-state index contributed by atoms with van der Waals surface area (Å²) in [4.78, 5) is 31.5. The largest absolute Gasteiger partial charge is 0.465 e. The molecule has 0 spiro atoms. The number of carbonyl (C=O) groups excluding carboxylic acids is 2. The van der Waals surface area contributed by atoms with Gasteiger partial charge in [0.2, 0.25) is 5.91 Å². The Hall–Kier alpha value is -3.08. The highest BCUT2D eigenvalue weighted by molar-refractivity contribution is 7.15. The van der Waals surface area contributed by atoms with Crippen LogP contribution in [0.2, 0.25) is 5.02 Å². The second-order valence-electron chi connectivity index (χ2n) is 10.8. The molecule has 9 nitrogen and oxygen atoms in total. The summed E-state index contributed by atoms with van der Waals surface area (Å²) in [5.41, 5.74) is 9.93. The SMILES string of the molecule is CCCCCCOC(=O)C(N)CCCCNC(=O)C[C@@H]1N=C(c2ccc(Cl)cc2)c2c(sc(C)c2C)-n2c(C)nnc21. The van der Waals surface area contributed by atoms with Gasteiger partial charge in [-0.1, -0.05) is 49.9 Å². The molecule has 0 saturated heterocycles. The van der Waals surface area contributed by atoms with Gasteiger partial charge in [-0.3, -0.25) is 19.1 Å². The molecule has 1 unspecified atom stereocenters. The van der Waals surface area contributed by atoms with Crippen LogP contribution in [0, 0.1) is 20.8 Å². The van der Waals surface area contributed by atoms with Gasteiger partial charge in [-0.2, -0.15) is 0 Å². The van der Waals surface area contributed by atoms with Gasteiger partial charge < -0.3 is 15.8 Å². The Balaban J connectivity index is 1.39. The molecule has 3 heterocycles. The number of carbonyl (C=O) groups is 2. The van der Waals surface area contributed by atoms with E-state index in [-0.39, 0.29) is 18.3 Å². The zero-order chi connectivity index (χ0) is 30.2. The van der Waals surface area contributed by atoms with Crippen molar-refractivity contribution < 1.29 is 14.3 Å². The molecule has 0 bridgehead atoms. The van der Waals surface area contributed by atoms with E-state index in [1.807, 2.05) is 35.8 Å². The first-order valence-corrected chi connectivity index (χ1v) is 16.0. The smallest absolute Gasteiger partial charge is 0.322 e. The predicted octanol–water partition coefficient (Wildman–Crippen LogP) is 5.93. The van der Waals surface area contributed by atoms with Gasteiger partial charge in [0.25, 0.3) is 0 Å². The highest BCUT2D eigenvalue weighted by Crippen LogP contribution is 2.39. The summed E-state index contributed by atoms with van der Waals surface area (Å²) in [5.74, 6) is 0.923. The van der Waals surface area contributed by atoms with Crippen LogP contribution >= 0.6 is 22.9 Å². The molecule has 0 radical (unpaired) electrons. The van der Waals surface area contributed by atoms with E-state index in [0.717, 1.165) is 58.9 Å². The number of nitrogens with one attached hydrogen (secondary N) is 1. The Morgan fingerprint density at radius 2 is 1.86 bits per heavy atom. The Morgan fingerprint density at radius 3 is 2.60 bits per heavy atom. The van der Waals surface area contributed by atoms with E-state index < -0.39 is 12.1 Å². The lowest BCUT2D eigenvalue weighted by molar-refractivity contribution is -0.145. The lowest BCUT2D eigenvalue weighted by Gasteiger charge is -2.14. The molecule has 1 aliphatic heterocycles. The summed E-state index contributed by atoms with van der Waals surface area (Å²) < 4.78 is 7.32. The average Bonchev–Trinajstić information content (AvgIpc) is 3.44. The van der Waals surface area contributed by atoms with Crippen LogP contribution < -0.4 is 11.1 Å². The average molecular weight is 613 g/mol. The molecule has 226 valence electrons. The summed E-state index contributed by atoms with van der Waals surface area (Å²) in [6.07, 6.45) is 6.27. The topological polar surface area (TPSA) is 124 Å². The van der Waals surface area contributed by atoms with E-state index in [9.17, 15) is 9.59 Å². The lowest BCUT2D eigenvalue weighted by atomic mass is 9.99. The van der Waals surface area contributed by atoms with Gasteiger partial charge in [0.1, 0.15) is 22.9 Å². The normalized spacial score (nSPS) is 14.9. The van der Waals surface area contributed by atoms with E-state index in [2.05, 4.69) is 36.3 Å². The van der Waals surface area contributed by atoms with Crippen molar-refractivity contribution in [1.29, 1.82) is 0 Å². The van der Waals surface area contributed by atoms with Gasteiger partial charge in [-0.25, -0.2) is 0 Å². The number of esters is 1. The van der Waals surface area contributed by atoms with Crippen LogP contribution in [0.25, 0.3) is 5.00 Å². The van der Waals surface area contributed by atoms with Crippen LogP contribution in [0.4, 0.5) is 0 Å². The number of nitrogens with two attached hydrogens (primary N) is 1. The Labute approximate surface area is 256 Å². The van der Waals surface area contributed by atoms with Gasteiger partial charge in [-0.05, 0) is 64.2 Å². The maximum Gasteiger partial charge on any atom is 0.322 e. The van der Waals surface area contributed by atoms with Gasteiger partial charge in [0, 0.05) is 27.6 Å². The fourth-order valence-electron chi connectivity index (χ4n) is 5.02. The predicted molar refractivity (Wildman–Crippen MR) is 168 cm³/mol. The van der Waals surface area contributed by atoms with E-state index >= 15 is 0 Å². The second kappa shape index (κ2) is 14.9. The Bertz CT molecular complexity index is 1410. The van der Waals surface area contributed by atoms with Crippen LogP contribution in [0.5, 0.6) is 0 Å². The summed E-state index contributed by atoms with van der Waals surface area (Å²) >= 11 is 7.87. The molecule has 11 heteroatoms. The molecular weight excluding hydrogens is 572 g/mol. The zero-order valence-electron chi connectivity index (χ0n) is 24.9. The second-order valence-corrected chi connectivity index (χ2v) is 12.4. The lowest BCUT2D eigenvalue weighted by Crippen LogP contribution is -2.33. The number of aryl methyl sites for hydroxylation is 2. The Kier molecular flexibility index (Phi) is 11.3. The first kappa shape index (κ1) is 31.8. The molecule has 3 aromatic rings. The molecule has 1 amide bonds. The number of thiophene rings is 1. The molecule has 0 aliphatic carbocycles. The third kappa shape index (κ3) is 7.65. The summed E-state index contributed by atoms with van der Waals surface area (Å²) in [6, 6.07) is 6.47. The monoisotopic (exact) mass is 612 g/mol. The van der Waals surface area contributed by atoms with Crippen LogP contribution in [0.15, 0.2) is 29.3 Å². The number of unbranched alkanes of at least 4 members (excludes halogenated alkanes) is 4. The minimum absolute atomic E-state index is 0.125. The van der Waals surface area contributed by atoms with Gasteiger partial charge in [0.15, 0.2) is 5.82 Å². The highest BCUT2D eigenvalue weighted by atomic mass is 35.5. The first-order chi connectivity index (χ1) is 20.2. The molecule has 1 aromatic carbocycles. The maximum atomic E-state index is 13.1. The van der Waals surface area contributed by atoms with E-state index in [0.29, 0.717) is 43.3 Å². The van der Waals surface area contributed by atoms with Crippen LogP contribution in [0.3, 0.4) is 0 Å². The fourth-order valence-corrected chi connectivity index (χ4v) is 6.36. The number of benzene rings is 1. The fraction of sp³-hybridized carbons (Fsp3) is 0.516.